The third kappa shape index (κ3) is 4.14. The first-order chi connectivity index (χ1) is 13.0. The van der Waals surface area contributed by atoms with Crippen LogP contribution < -0.4 is 14.5 Å². The summed E-state index contributed by atoms with van der Waals surface area (Å²) in [5.74, 6) is 0.727. The van der Waals surface area contributed by atoms with Gasteiger partial charge in [0.2, 0.25) is 0 Å². The summed E-state index contributed by atoms with van der Waals surface area (Å²) in [5, 5.41) is 0. The highest BCUT2D eigenvalue weighted by atomic mass is 16.5. The van der Waals surface area contributed by atoms with Gasteiger partial charge in [-0.3, -0.25) is 4.79 Å². The number of nitrogens with zero attached hydrogens (tertiary/aromatic N) is 3. The molecule has 5 heteroatoms. The van der Waals surface area contributed by atoms with Crippen molar-refractivity contribution in [2.45, 2.75) is 6.54 Å². The van der Waals surface area contributed by atoms with Crippen molar-refractivity contribution in [3.63, 3.8) is 0 Å². The van der Waals surface area contributed by atoms with Crippen molar-refractivity contribution in [1.29, 1.82) is 0 Å². The Hall–Kier alpha value is -3.21. The second-order valence-corrected chi connectivity index (χ2v) is 6.65. The lowest BCUT2D eigenvalue weighted by Gasteiger charge is -2.24. The van der Waals surface area contributed by atoms with Crippen molar-refractivity contribution in [1.82, 2.24) is 4.57 Å². The van der Waals surface area contributed by atoms with Crippen molar-refractivity contribution < 1.29 is 9.53 Å². The summed E-state index contributed by atoms with van der Waals surface area (Å²) in [7, 11) is 7.54. The van der Waals surface area contributed by atoms with Crippen LogP contribution in [0, 0.1) is 0 Å². The largest absolute Gasteiger partial charge is 0.497 e. The lowest BCUT2D eigenvalue weighted by molar-refractivity contribution is 0.0977. The minimum absolute atomic E-state index is 0.0376. The summed E-state index contributed by atoms with van der Waals surface area (Å²) in [6, 6.07) is 19.5. The average molecular weight is 363 g/mol. The van der Waals surface area contributed by atoms with Gasteiger partial charge in [-0.25, -0.2) is 0 Å². The molecule has 1 heterocycles. The molecule has 0 aliphatic heterocycles. The van der Waals surface area contributed by atoms with E-state index in [9.17, 15) is 4.79 Å². The molecule has 5 nitrogen and oxygen atoms in total. The summed E-state index contributed by atoms with van der Waals surface area (Å²) >= 11 is 0. The number of methoxy groups -OCH3 is 1. The van der Waals surface area contributed by atoms with E-state index < -0.39 is 0 Å². The van der Waals surface area contributed by atoms with Gasteiger partial charge in [0.15, 0.2) is 0 Å². The number of aryl methyl sites for hydroxylation is 1. The zero-order valence-electron chi connectivity index (χ0n) is 16.2. The molecule has 0 bridgehead atoms. The molecule has 0 aliphatic carbocycles. The fourth-order valence-electron chi connectivity index (χ4n) is 2.95. The van der Waals surface area contributed by atoms with Gasteiger partial charge in [-0.2, -0.15) is 0 Å². The maximum Gasteiger partial charge on any atom is 0.275 e. The second-order valence-electron chi connectivity index (χ2n) is 6.65. The third-order valence-corrected chi connectivity index (χ3v) is 4.59. The number of hydrogen-bond acceptors (Lipinski definition) is 3. The number of rotatable bonds is 6. The molecule has 140 valence electrons. The predicted octanol–water partition coefficient (Wildman–Crippen LogP) is 3.95. The molecule has 0 spiro atoms. The molecule has 0 radical (unpaired) electrons. The maximum atomic E-state index is 13.2. The van der Waals surface area contributed by atoms with Crippen molar-refractivity contribution in [2.75, 3.05) is 31.0 Å². The van der Waals surface area contributed by atoms with Crippen molar-refractivity contribution in [2.24, 2.45) is 7.05 Å². The van der Waals surface area contributed by atoms with Gasteiger partial charge in [0.1, 0.15) is 11.4 Å². The number of carbonyl (C=O) groups excluding carboxylic acids is 1. The minimum atomic E-state index is -0.0376. The quantitative estimate of drug-likeness (QED) is 0.666. The Labute approximate surface area is 160 Å². The monoisotopic (exact) mass is 363 g/mol. The number of benzene rings is 2. The number of aromatic nitrogens is 1. The van der Waals surface area contributed by atoms with Crippen LogP contribution in [0.5, 0.6) is 5.75 Å². The van der Waals surface area contributed by atoms with Crippen LogP contribution in [0.2, 0.25) is 0 Å². The molecular weight excluding hydrogens is 338 g/mol. The Kier molecular flexibility index (Phi) is 5.50. The van der Waals surface area contributed by atoms with Crippen LogP contribution in [-0.2, 0) is 13.6 Å². The van der Waals surface area contributed by atoms with E-state index in [4.69, 9.17) is 4.74 Å². The van der Waals surface area contributed by atoms with E-state index in [-0.39, 0.29) is 5.91 Å². The molecule has 0 aliphatic rings. The van der Waals surface area contributed by atoms with Gasteiger partial charge in [-0.05, 0) is 54.1 Å². The number of anilines is 2. The Morgan fingerprint density at radius 1 is 0.963 bits per heavy atom. The molecule has 1 aromatic heterocycles. The molecule has 1 amide bonds. The lowest BCUT2D eigenvalue weighted by atomic mass is 10.1. The maximum absolute atomic E-state index is 13.2. The Morgan fingerprint density at radius 3 is 2.11 bits per heavy atom. The van der Waals surface area contributed by atoms with Gasteiger partial charge in [-0.15, -0.1) is 0 Å². The number of hydrogen-bond donors (Lipinski definition) is 0. The summed E-state index contributed by atoms with van der Waals surface area (Å²) in [5.41, 5.74) is 3.68. The highest BCUT2D eigenvalue weighted by Crippen LogP contribution is 2.24. The van der Waals surface area contributed by atoms with Gasteiger partial charge < -0.3 is 19.1 Å². The molecular formula is C22H25N3O2. The molecule has 27 heavy (non-hydrogen) atoms. The molecule has 0 saturated carbocycles. The van der Waals surface area contributed by atoms with Crippen LogP contribution in [0.4, 0.5) is 11.4 Å². The van der Waals surface area contributed by atoms with E-state index in [0.29, 0.717) is 12.2 Å². The van der Waals surface area contributed by atoms with Gasteiger partial charge in [0, 0.05) is 38.7 Å². The van der Waals surface area contributed by atoms with Gasteiger partial charge in [-0.1, -0.05) is 12.1 Å². The van der Waals surface area contributed by atoms with Crippen molar-refractivity contribution in [3.8, 4) is 5.75 Å². The van der Waals surface area contributed by atoms with E-state index in [0.717, 1.165) is 22.7 Å². The normalized spacial score (nSPS) is 10.5. The van der Waals surface area contributed by atoms with Crippen LogP contribution in [0.1, 0.15) is 16.1 Å². The number of amides is 1. The van der Waals surface area contributed by atoms with Crippen LogP contribution >= 0.6 is 0 Å². The summed E-state index contributed by atoms with van der Waals surface area (Å²) in [6.07, 6.45) is 1.88. The van der Waals surface area contributed by atoms with Crippen LogP contribution in [0.25, 0.3) is 0 Å². The Morgan fingerprint density at radius 2 is 1.59 bits per heavy atom. The molecule has 0 atom stereocenters. The Bertz CT molecular complexity index is 896. The zero-order valence-corrected chi connectivity index (χ0v) is 16.2. The fraction of sp³-hybridized carbons (Fsp3) is 0.227. The fourth-order valence-corrected chi connectivity index (χ4v) is 2.95. The summed E-state index contributed by atoms with van der Waals surface area (Å²) in [6.45, 7) is 0.490. The smallest absolute Gasteiger partial charge is 0.275 e. The van der Waals surface area contributed by atoms with Crippen LogP contribution in [0.15, 0.2) is 66.9 Å². The summed E-state index contributed by atoms with van der Waals surface area (Å²) in [4.78, 5) is 17.1. The molecule has 0 fully saturated rings. The van der Waals surface area contributed by atoms with E-state index in [1.54, 1.807) is 12.0 Å². The first-order valence-electron chi connectivity index (χ1n) is 8.83. The molecule has 0 saturated heterocycles. The number of carbonyl (C=O) groups is 1. The van der Waals surface area contributed by atoms with Crippen molar-refractivity contribution >= 4 is 17.3 Å². The molecule has 2 aromatic carbocycles. The molecule has 0 N–H and O–H groups in total. The Balaban J connectivity index is 1.93. The number of ether oxygens (including phenoxy) is 1. The highest BCUT2D eigenvalue weighted by Gasteiger charge is 2.20. The zero-order chi connectivity index (χ0) is 19.4. The second kappa shape index (κ2) is 7.99. The van der Waals surface area contributed by atoms with Gasteiger partial charge >= 0.3 is 0 Å². The standard InChI is InChI=1S/C22H25N3O2/c1-23(2)18-9-7-17(8-10-18)16-25(19-11-13-20(27-4)14-12-19)22(26)21-6-5-15-24(21)3/h5-15H,16H2,1-4H3. The lowest BCUT2D eigenvalue weighted by Crippen LogP contribution is -2.31. The first-order valence-corrected chi connectivity index (χ1v) is 8.83. The van der Waals surface area contributed by atoms with E-state index in [1.165, 1.54) is 0 Å². The van der Waals surface area contributed by atoms with E-state index in [1.807, 2.05) is 68.3 Å². The summed E-state index contributed by atoms with van der Waals surface area (Å²) < 4.78 is 7.08. The highest BCUT2D eigenvalue weighted by molar-refractivity contribution is 6.05. The van der Waals surface area contributed by atoms with E-state index >= 15 is 0 Å². The molecule has 3 aromatic rings. The molecule has 3 rings (SSSR count). The van der Waals surface area contributed by atoms with Crippen molar-refractivity contribution in [3.05, 3.63) is 78.1 Å². The average Bonchev–Trinajstić information content (AvgIpc) is 3.12. The molecule has 0 unspecified atom stereocenters. The SMILES string of the molecule is COc1ccc(N(Cc2ccc(N(C)C)cc2)C(=O)c2cccn2C)cc1. The minimum Gasteiger partial charge on any atom is -0.497 e. The third-order valence-electron chi connectivity index (χ3n) is 4.59. The van der Waals surface area contributed by atoms with Crippen LogP contribution in [0.3, 0.4) is 0 Å². The predicted molar refractivity (Wildman–Crippen MR) is 110 cm³/mol. The van der Waals surface area contributed by atoms with Gasteiger partial charge in [0.25, 0.3) is 5.91 Å². The van der Waals surface area contributed by atoms with Crippen LogP contribution in [-0.4, -0.2) is 31.7 Å². The van der Waals surface area contributed by atoms with Gasteiger partial charge in [0.05, 0.1) is 13.7 Å². The van der Waals surface area contributed by atoms with E-state index in [2.05, 4.69) is 29.2 Å². The first kappa shape index (κ1) is 18.6. The topological polar surface area (TPSA) is 37.7 Å².